The van der Waals surface area contributed by atoms with E-state index in [0.717, 1.165) is 6.54 Å². The average Bonchev–Trinajstić information content (AvgIpc) is 2.89. The summed E-state index contributed by atoms with van der Waals surface area (Å²) in [6, 6.07) is 14.7. The van der Waals surface area contributed by atoms with E-state index < -0.39 is 0 Å². The molecule has 0 spiro atoms. The van der Waals surface area contributed by atoms with E-state index in [4.69, 9.17) is 0 Å². The van der Waals surface area contributed by atoms with Gasteiger partial charge in [0, 0.05) is 35.4 Å². The number of thioether (sulfide) groups is 1. The number of allylic oxidation sites excluding steroid dienone is 1. The van der Waals surface area contributed by atoms with E-state index in [0.29, 0.717) is 11.8 Å². The largest absolute Gasteiger partial charge is 0.392 e. The van der Waals surface area contributed by atoms with Crippen LogP contribution >= 0.6 is 11.8 Å². The van der Waals surface area contributed by atoms with Crippen LogP contribution in [0.4, 0.5) is 0 Å². The van der Waals surface area contributed by atoms with Gasteiger partial charge in [-0.2, -0.15) is 0 Å². The van der Waals surface area contributed by atoms with Gasteiger partial charge in [-0.3, -0.25) is 4.98 Å². The lowest BCUT2D eigenvalue weighted by molar-refractivity contribution is 0.262. The summed E-state index contributed by atoms with van der Waals surface area (Å²) in [5, 5.41) is 10.3. The monoisotopic (exact) mass is 354 g/mol. The van der Waals surface area contributed by atoms with Crippen molar-refractivity contribution in [2.24, 2.45) is 11.8 Å². The summed E-state index contributed by atoms with van der Waals surface area (Å²) in [6.07, 6.45) is 3.69. The van der Waals surface area contributed by atoms with Crippen molar-refractivity contribution in [3.8, 4) is 0 Å². The van der Waals surface area contributed by atoms with Gasteiger partial charge in [-0.1, -0.05) is 32.0 Å². The number of benzene rings is 1. The lowest BCUT2D eigenvalue weighted by atomic mass is 9.90. The predicted molar refractivity (Wildman–Crippen MR) is 104 cm³/mol. The van der Waals surface area contributed by atoms with Crippen LogP contribution in [0.2, 0.25) is 0 Å². The van der Waals surface area contributed by atoms with Crippen LogP contribution in [0.1, 0.15) is 26.3 Å². The number of aromatic nitrogens is 1. The minimum Gasteiger partial charge on any atom is -0.392 e. The van der Waals surface area contributed by atoms with E-state index in [1.807, 2.05) is 24.2 Å². The highest BCUT2D eigenvalue weighted by molar-refractivity contribution is 8.00. The van der Waals surface area contributed by atoms with Crippen LogP contribution in [0.5, 0.6) is 0 Å². The van der Waals surface area contributed by atoms with Gasteiger partial charge in [0.05, 0.1) is 12.0 Å². The molecule has 0 bridgehead atoms. The van der Waals surface area contributed by atoms with Crippen LogP contribution in [0.25, 0.3) is 0 Å². The van der Waals surface area contributed by atoms with Crippen LogP contribution in [0.3, 0.4) is 0 Å². The number of aliphatic hydroxyl groups is 1. The van der Waals surface area contributed by atoms with Crippen LogP contribution in [0.15, 0.2) is 71.0 Å². The second-order valence-corrected chi connectivity index (χ2v) is 8.03. The Bertz CT molecular complexity index is 715. The number of hydrogen-bond acceptors (Lipinski definition) is 4. The molecule has 2 unspecified atom stereocenters. The SMILES string of the molecule is CC1=C(CO)C(C(C)C)C(Sc2ccccc2)N1Cc1ccncc1. The zero-order valence-corrected chi connectivity index (χ0v) is 15.9. The maximum atomic E-state index is 10.0. The molecule has 1 aromatic carbocycles. The van der Waals surface area contributed by atoms with Gasteiger partial charge in [0.2, 0.25) is 0 Å². The van der Waals surface area contributed by atoms with Crippen molar-refractivity contribution in [2.75, 3.05) is 6.61 Å². The van der Waals surface area contributed by atoms with E-state index >= 15 is 0 Å². The first-order valence-electron chi connectivity index (χ1n) is 8.79. The standard InChI is InChI=1S/C21H26N2OS/c1-15(2)20-19(14-24)16(3)23(13-17-9-11-22-12-10-17)21(20)25-18-7-5-4-6-8-18/h4-12,15,20-21,24H,13-14H2,1-3H3. The van der Waals surface area contributed by atoms with Gasteiger partial charge in [0.25, 0.3) is 0 Å². The third-order valence-electron chi connectivity index (χ3n) is 4.90. The number of rotatable bonds is 6. The van der Waals surface area contributed by atoms with Crippen molar-refractivity contribution in [1.29, 1.82) is 0 Å². The van der Waals surface area contributed by atoms with Gasteiger partial charge in [0.1, 0.15) is 0 Å². The fourth-order valence-electron chi connectivity index (χ4n) is 3.60. The summed E-state index contributed by atoms with van der Waals surface area (Å²) in [4.78, 5) is 7.84. The molecular formula is C21H26N2OS. The molecule has 1 aliphatic rings. The zero-order valence-electron chi connectivity index (χ0n) is 15.1. The molecule has 1 N–H and O–H groups in total. The average molecular weight is 355 g/mol. The van der Waals surface area contributed by atoms with Gasteiger partial charge >= 0.3 is 0 Å². The molecule has 2 aromatic rings. The molecule has 0 saturated carbocycles. The van der Waals surface area contributed by atoms with Crippen LogP contribution < -0.4 is 0 Å². The molecule has 3 rings (SSSR count). The number of nitrogens with zero attached hydrogens (tertiary/aromatic N) is 2. The quantitative estimate of drug-likeness (QED) is 0.825. The van der Waals surface area contributed by atoms with E-state index in [-0.39, 0.29) is 12.0 Å². The Morgan fingerprint density at radius 3 is 2.40 bits per heavy atom. The maximum absolute atomic E-state index is 10.0. The van der Waals surface area contributed by atoms with Gasteiger partial charge in [-0.25, -0.2) is 0 Å². The van der Waals surface area contributed by atoms with E-state index in [2.05, 4.69) is 73.1 Å². The van der Waals surface area contributed by atoms with Crippen molar-refractivity contribution >= 4 is 11.8 Å². The minimum atomic E-state index is 0.132. The first-order chi connectivity index (χ1) is 12.1. The zero-order chi connectivity index (χ0) is 17.8. The van der Waals surface area contributed by atoms with Crippen LogP contribution in [0, 0.1) is 11.8 Å². The van der Waals surface area contributed by atoms with Gasteiger partial charge in [0.15, 0.2) is 0 Å². The molecule has 2 heterocycles. The molecule has 0 aliphatic carbocycles. The Kier molecular flexibility index (Phi) is 5.82. The van der Waals surface area contributed by atoms with Gasteiger partial charge in [-0.05, 0) is 48.2 Å². The van der Waals surface area contributed by atoms with Crippen molar-refractivity contribution < 1.29 is 5.11 Å². The number of pyridine rings is 1. The fraction of sp³-hybridized carbons (Fsp3) is 0.381. The highest BCUT2D eigenvalue weighted by Crippen LogP contribution is 2.46. The Labute approximate surface area is 154 Å². The Morgan fingerprint density at radius 2 is 1.80 bits per heavy atom. The Morgan fingerprint density at radius 1 is 1.12 bits per heavy atom. The summed E-state index contributed by atoms with van der Waals surface area (Å²) >= 11 is 1.90. The second kappa shape index (κ2) is 8.07. The highest BCUT2D eigenvalue weighted by Gasteiger charge is 2.40. The van der Waals surface area contributed by atoms with Crippen molar-refractivity contribution in [2.45, 2.75) is 37.6 Å². The lowest BCUT2D eigenvalue weighted by Crippen LogP contribution is -2.33. The molecule has 2 atom stereocenters. The van der Waals surface area contributed by atoms with Crippen molar-refractivity contribution in [3.63, 3.8) is 0 Å². The molecule has 0 fully saturated rings. The lowest BCUT2D eigenvalue weighted by Gasteiger charge is -2.33. The summed E-state index contributed by atoms with van der Waals surface area (Å²) < 4.78 is 0. The molecule has 25 heavy (non-hydrogen) atoms. The summed E-state index contributed by atoms with van der Waals surface area (Å²) in [6.45, 7) is 7.62. The minimum absolute atomic E-state index is 0.132. The number of aliphatic hydroxyl groups excluding tert-OH is 1. The van der Waals surface area contributed by atoms with Crippen molar-refractivity contribution in [3.05, 3.63) is 71.7 Å². The summed E-state index contributed by atoms with van der Waals surface area (Å²) in [5.74, 6) is 0.817. The van der Waals surface area contributed by atoms with Gasteiger partial charge in [-0.15, -0.1) is 11.8 Å². The molecule has 3 nitrogen and oxygen atoms in total. The van der Waals surface area contributed by atoms with E-state index in [1.54, 1.807) is 0 Å². The second-order valence-electron chi connectivity index (χ2n) is 6.84. The van der Waals surface area contributed by atoms with Crippen LogP contribution in [-0.4, -0.2) is 27.0 Å². The third-order valence-corrected chi connectivity index (χ3v) is 6.24. The van der Waals surface area contributed by atoms with Gasteiger partial charge < -0.3 is 10.0 Å². The van der Waals surface area contributed by atoms with Crippen molar-refractivity contribution in [1.82, 2.24) is 9.88 Å². The Balaban J connectivity index is 1.93. The fourth-order valence-corrected chi connectivity index (χ4v) is 5.18. The predicted octanol–water partition coefficient (Wildman–Crippen LogP) is 4.55. The molecule has 0 saturated heterocycles. The molecule has 4 heteroatoms. The summed E-state index contributed by atoms with van der Waals surface area (Å²) in [7, 11) is 0. The first-order valence-corrected chi connectivity index (χ1v) is 9.67. The normalized spacial score (nSPS) is 20.6. The molecule has 0 amide bonds. The van der Waals surface area contributed by atoms with Crippen LogP contribution in [-0.2, 0) is 6.54 Å². The smallest absolute Gasteiger partial charge is 0.0866 e. The molecule has 132 valence electrons. The number of hydrogen-bond donors (Lipinski definition) is 1. The summed E-state index contributed by atoms with van der Waals surface area (Å²) in [5.41, 5.74) is 3.64. The third kappa shape index (κ3) is 3.91. The highest BCUT2D eigenvalue weighted by atomic mass is 32.2. The first kappa shape index (κ1) is 18.0. The van der Waals surface area contributed by atoms with E-state index in [9.17, 15) is 5.11 Å². The Hall–Kier alpha value is -1.78. The molecule has 1 aromatic heterocycles. The van der Waals surface area contributed by atoms with E-state index in [1.165, 1.54) is 21.7 Å². The topological polar surface area (TPSA) is 36.4 Å². The maximum Gasteiger partial charge on any atom is 0.0866 e. The molecule has 1 aliphatic heterocycles. The molecular weight excluding hydrogens is 328 g/mol. The molecule has 0 radical (unpaired) electrons.